The van der Waals surface area contributed by atoms with E-state index < -0.39 is 16.1 Å². The van der Waals surface area contributed by atoms with Crippen LogP contribution in [0, 0.1) is 0 Å². The van der Waals surface area contributed by atoms with Crippen LogP contribution in [0.5, 0.6) is 0 Å². The SMILES string of the molecule is CCNC(=NCC(O)c1ccc(C(C)(C)C)cc1)NCCN1CCCS1(=O)=O. The zero-order valence-corrected chi connectivity index (χ0v) is 18.2. The van der Waals surface area contributed by atoms with Crippen molar-refractivity contribution in [3.8, 4) is 0 Å². The van der Waals surface area contributed by atoms with E-state index >= 15 is 0 Å². The summed E-state index contributed by atoms with van der Waals surface area (Å²) in [5, 5.41) is 16.7. The average molecular weight is 411 g/mol. The first-order valence-electron chi connectivity index (χ1n) is 9.92. The molecule has 7 nitrogen and oxygen atoms in total. The van der Waals surface area contributed by atoms with Gasteiger partial charge in [-0.1, -0.05) is 45.0 Å². The van der Waals surface area contributed by atoms with E-state index in [0.29, 0.717) is 38.6 Å². The fraction of sp³-hybridized carbons (Fsp3) is 0.650. The zero-order chi connectivity index (χ0) is 20.8. The molecule has 0 amide bonds. The lowest BCUT2D eigenvalue weighted by atomic mass is 9.86. The molecule has 2 rings (SSSR count). The second-order valence-corrected chi connectivity index (χ2v) is 10.2. The van der Waals surface area contributed by atoms with Gasteiger partial charge in [0, 0.05) is 26.2 Å². The van der Waals surface area contributed by atoms with Crippen LogP contribution < -0.4 is 10.6 Å². The lowest BCUT2D eigenvalue weighted by Gasteiger charge is -2.20. The molecule has 1 aliphatic heterocycles. The number of nitrogens with one attached hydrogen (secondary N) is 2. The van der Waals surface area contributed by atoms with Crippen LogP contribution in [0.4, 0.5) is 0 Å². The van der Waals surface area contributed by atoms with Crippen molar-refractivity contribution in [3.05, 3.63) is 35.4 Å². The Kier molecular flexibility index (Phi) is 7.86. The van der Waals surface area contributed by atoms with E-state index in [2.05, 4.69) is 36.4 Å². The molecule has 1 unspecified atom stereocenters. The highest BCUT2D eigenvalue weighted by Crippen LogP contribution is 2.24. The first-order valence-corrected chi connectivity index (χ1v) is 11.5. The predicted molar refractivity (Wildman–Crippen MR) is 114 cm³/mol. The third kappa shape index (κ3) is 6.46. The summed E-state index contributed by atoms with van der Waals surface area (Å²) < 4.78 is 25.2. The highest BCUT2D eigenvalue weighted by molar-refractivity contribution is 7.89. The molecule has 1 saturated heterocycles. The lowest BCUT2D eigenvalue weighted by Crippen LogP contribution is -2.42. The summed E-state index contributed by atoms with van der Waals surface area (Å²) in [5.74, 6) is 0.811. The summed E-state index contributed by atoms with van der Waals surface area (Å²) in [7, 11) is -3.08. The van der Waals surface area contributed by atoms with Crippen LogP contribution in [0.2, 0.25) is 0 Å². The monoisotopic (exact) mass is 410 g/mol. The minimum atomic E-state index is -3.08. The number of aliphatic hydroxyl groups excluding tert-OH is 1. The Morgan fingerprint density at radius 3 is 2.46 bits per heavy atom. The maximum Gasteiger partial charge on any atom is 0.214 e. The molecule has 158 valence electrons. The average Bonchev–Trinajstić information content (AvgIpc) is 2.97. The van der Waals surface area contributed by atoms with Crippen molar-refractivity contribution in [3.63, 3.8) is 0 Å². The van der Waals surface area contributed by atoms with E-state index in [-0.39, 0.29) is 17.7 Å². The second-order valence-electron chi connectivity index (χ2n) is 8.10. The van der Waals surface area contributed by atoms with Gasteiger partial charge in [-0.05, 0) is 29.9 Å². The van der Waals surface area contributed by atoms with Gasteiger partial charge in [-0.3, -0.25) is 4.99 Å². The van der Waals surface area contributed by atoms with E-state index in [9.17, 15) is 13.5 Å². The standard InChI is InChI=1S/C20H34N4O3S/c1-5-21-19(22-11-13-24-12-6-14-28(24,26)27)23-15-18(25)16-7-9-17(10-8-16)20(2,3)4/h7-10,18,25H,5-6,11-15H2,1-4H3,(H2,21,22,23). The van der Waals surface area contributed by atoms with Gasteiger partial charge < -0.3 is 15.7 Å². The molecule has 1 aromatic carbocycles. The van der Waals surface area contributed by atoms with Gasteiger partial charge in [-0.2, -0.15) is 0 Å². The molecule has 1 aliphatic rings. The molecule has 1 atom stereocenters. The van der Waals surface area contributed by atoms with E-state index in [1.165, 1.54) is 9.87 Å². The number of aliphatic imine (C=N–C) groups is 1. The smallest absolute Gasteiger partial charge is 0.214 e. The molecule has 0 aliphatic carbocycles. The molecule has 1 aromatic rings. The van der Waals surface area contributed by atoms with E-state index in [1.54, 1.807) is 0 Å². The fourth-order valence-electron chi connectivity index (χ4n) is 3.07. The Balaban J connectivity index is 1.90. The van der Waals surface area contributed by atoms with E-state index in [0.717, 1.165) is 5.56 Å². The molecule has 1 heterocycles. The highest BCUT2D eigenvalue weighted by atomic mass is 32.2. The minimum absolute atomic E-state index is 0.0760. The lowest BCUT2D eigenvalue weighted by molar-refractivity contribution is 0.187. The Morgan fingerprint density at radius 2 is 1.93 bits per heavy atom. The third-order valence-electron chi connectivity index (χ3n) is 4.78. The first kappa shape index (κ1) is 22.6. The number of benzene rings is 1. The largest absolute Gasteiger partial charge is 0.386 e. The summed E-state index contributed by atoms with van der Waals surface area (Å²) in [5.41, 5.74) is 2.13. The van der Waals surface area contributed by atoms with Gasteiger partial charge in [0.1, 0.15) is 0 Å². The molecule has 0 bridgehead atoms. The van der Waals surface area contributed by atoms with Crippen molar-refractivity contribution >= 4 is 16.0 Å². The van der Waals surface area contributed by atoms with Crippen LogP contribution in [0.3, 0.4) is 0 Å². The zero-order valence-electron chi connectivity index (χ0n) is 17.4. The quantitative estimate of drug-likeness (QED) is 0.469. The molecular formula is C20H34N4O3S. The molecule has 28 heavy (non-hydrogen) atoms. The summed E-state index contributed by atoms with van der Waals surface area (Å²) in [6.45, 7) is 10.8. The normalized spacial score (nSPS) is 18.8. The van der Waals surface area contributed by atoms with Crippen LogP contribution in [0.25, 0.3) is 0 Å². The third-order valence-corrected chi connectivity index (χ3v) is 6.74. The number of guanidine groups is 1. The number of aliphatic hydroxyl groups is 1. The molecule has 0 spiro atoms. The van der Waals surface area contributed by atoms with Gasteiger partial charge in [-0.25, -0.2) is 12.7 Å². The van der Waals surface area contributed by atoms with Crippen molar-refractivity contribution < 1.29 is 13.5 Å². The molecule has 0 saturated carbocycles. The fourth-order valence-corrected chi connectivity index (χ4v) is 4.60. The van der Waals surface area contributed by atoms with Crippen LogP contribution in [0.15, 0.2) is 29.3 Å². The van der Waals surface area contributed by atoms with E-state index in [1.807, 2.05) is 31.2 Å². The molecule has 1 fully saturated rings. The van der Waals surface area contributed by atoms with Gasteiger partial charge in [0.15, 0.2) is 5.96 Å². The van der Waals surface area contributed by atoms with Gasteiger partial charge >= 0.3 is 0 Å². The second kappa shape index (κ2) is 9.71. The van der Waals surface area contributed by atoms with Gasteiger partial charge in [0.25, 0.3) is 0 Å². The van der Waals surface area contributed by atoms with E-state index in [4.69, 9.17) is 0 Å². The molecule has 3 N–H and O–H groups in total. The first-order chi connectivity index (χ1) is 13.1. The maximum absolute atomic E-state index is 11.8. The Bertz CT molecular complexity index is 755. The summed E-state index contributed by atoms with van der Waals surface area (Å²) in [4.78, 5) is 4.44. The Morgan fingerprint density at radius 1 is 1.25 bits per heavy atom. The van der Waals surface area contributed by atoms with Crippen LogP contribution in [0.1, 0.15) is 51.3 Å². The highest BCUT2D eigenvalue weighted by Gasteiger charge is 2.27. The molecule has 0 radical (unpaired) electrons. The molecular weight excluding hydrogens is 376 g/mol. The number of rotatable bonds is 7. The summed E-state index contributed by atoms with van der Waals surface area (Å²) in [6.07, 6.45) is -0.000108. The Labute approximate surface area is 169 Å². The topological polar surface area (TPSA) is 94.0 Å². The van der Waals surface area contributed by atoms with Crippen molar-refractivity contribution in [2.75, 3.05) is 38.5 Å². The number of nitrogens with zero attached hydrogens (tertiary/aromatic N) is 2. The number of sulfonamides is 1. The minimum Gasteiger partial charge on any atom is -0.386 e. The van der Waals surface area contributed by atoms with Gasteiger partial charge in [0.2, 0.25) is 10.0 Å². The summed E-state index contributed by atoms with van der Waals surface area (Å²) in [6, 6.07) is 7.98. The molecule has 0 aromatic heterocycles. The Hall–Kier alpha value is -1.64. The van der Waals surface area contributed by atoms with Crippen molar-refractivity contribution in [2.45, 2.75) is 45.6 Å². The van der Waals surface area contributed by atoms with Gasteiger partial charge in [-0.15, -0.1) is 0 Å². The van der Waals surface area contributed by atoms with Crippen molar-refractivity contribution in [1.82, 2.24) is 14.9 Å². The van der Waals surface area contributed by atoms with Crippen LogP contribution in [-0.2, 0) is 15.4 Å². The van der Waals surface area contributed by atoms with Gasteiger partial charge in [0.05, 0.1) is 18.4 Å². The maximum atomic E-state index is 11.8. The van der Waals surface area contributed by atoms with Crippen molar-refractivity contribution in [1.29, 1.82) is 0 Å². The molecule has 8 heteroatoms. The van der Waals surface area contributed by atoms with Crippen LogP contribution >= 0.6 is 0 Å². The number of hydrogen-bond donors (Lipinski definition) is 3. The predicted octanol–water partition coefficient (Wildman–Crippen LogP) is 1.61. The van der Waals surface area contributed by atoms with Crippen molar-refractivity contribution in [2.24, 2.45) is 4.99 Å². The van der Waals surface area contributed by atoms with Crippen LogP contribution in [-0.4, -0.2) is 62.3 Å². The summed E-state index contributed by atoms with van der Waals surface area (Å²) >= 11 is 0. The number of hydrogen-bond acceptors (Lipinski definition) is 4.